The number of hydrazone groups is 1. The number of benzene rings is 1. The Bertz CT molecular complexity index is 997. The van der Waals surface area contributed by atoms with Crippen LogP contribution in [0.1, 0.15) is 36.4 Å². The minimum absolute atomic E-state index is 0.210. The molecule has 5 rings (SSSR count). The lowest BCUT2D eigenvalue weighted by Gasteiger charge is -2.30. The van der Waals surface area contributed by atoms with E-state index < -0.39 is 0 Å². The molecule has 0 spiro atoms. The van der Waals surface area contributed by atoms with E-state index in [1.54, 1.807) is 0 Å². The number of para-hydroxylation sites is 1. The van der Waals surface area contributed by atoms with E-state index in [4.69, 9.17) is 5.10 Å². The molecule has 1 aliphatic carbocycles. The largest absolute Gasteiger partial charge is 0.265 e. The van der Waals surface area contributed by atoms with E-state index in [1.165, 1.54) is 28.8 Å². The van der Waals surface area contributed by atoms with Gasteiger partial charge in [0, 0.05) is 30.7 Å². The zero-order chi connectivity index (χ0) is 18.8. The third kappa shape index (κ3) is 3.11. The summed E-state index contributed by atoms with van der Waals surface area (Å²) in [6.45, 7) is 0. The van der Waals surface area contributed by atoms with Gasteiger partial charge in [0.1, 0.15) is 0 Å². The Balaban J connectivity index is 1.59. The molecule has 2 unspecified atom stereocenters. The van der Waals surface area contributed by atoms with Gasteiger partial charge in [0.05, 0.1) is 17.4 Å². The van der Waals surface area contributed by atoms with Crippen molar-refractivity contribution in [3.05, 3.63) is 96.1 Å². The zero-order valence-corrected chi connectivity index (χ0v) is 15.6. The predicted molar refractivity (Wildman–Crippen MR) is 113 cm³/mol. The van der Waals surface area contributed by atoms with E-state index in [-0.39, 0.29) is 6.04 Å². The van der Waals surface area contributed by atoms with Gasteiger partial charge >= 0.3 is 0 Å². The minimum Gasteiger partial charge on any atom is -0.265 e. The lowest BCUT2D eigenvalue weighted by Crippen LogP contribution is -2.28. The highest BCUT2D eigenvalue weighted by molar-refractivity contribution is 6.08. The van der Waals surface area contributed by atoms with E-state index in [0.717, 1.165) is 18.5 Å². The van der Waals surface area contributed by atoms with Crippen molar-refractivity contribution in [3.8, 4) is 0 Å². The highest BCUT2D eigenvalue weighted by Gasteiger charge is 2.41. The van der Waals surface area contributed by atoms with Gasteiger partial charge in [-0.3, -0.25) is 15.0 Å². The van der Waals surface area contributed by atoms with Gasteiger partial charge in [-0.05, 0) is 78.4 Å². The van der Waals surface area contributed by atoms with Gasteiger partial charge < -0.3 is 0 Å². The fourth-order valence-corrected chi connectivity index (χ4v) is 4.35. The number of anilines is 1. The number of rotatable bonds is 3. The standard InChI is InChI=1S/C24H22N4/c1-2-6-21(7-3-1)28-24(19-11-15-26-16-12-19)22-8-4-5-20(23(22)27-28)17-18-9-13-25-14-10-18/h1-3,6-7,9-17,22,24H,4-5,8H2/b20-17-. The zero-order valence-electron chi connectivity index (χ0n) is 15.6. The maximum Gasteiger partial charge on any atom is 0.0860 e. The van der Waals surface area contributed by atoms with Crippen LogP contribution in [0.15, 0.2) is 90.1 Å². The van der Waals surface area contributed by atoms with Crippen molar-refractivity contribution in [1.29, 1.82) is 0 Å². The Morgan fingerprint density at radius 1 is 0.857 bits per heavy atom. The van der Waals surface area contributed by atoms with Crippen LogP contribution in [-0.4, -0.2) is 15.7 Å². The summed E-state index contributed by atoms with van der Waals surface area (Å²) in [5.74, 6) is 0.393. The normalized spacial score (nSPS) is 22.8. The van der Waals surface area contributed by atoms with Crippen molar-refractivity contribution in [3.63, 3.8) is 0 Å². The molecule has 28 heavy (non-hydrogen) atoms. The molecule has 3 heterocycles. The smallest absolute Gasteiger partial charge is 0.0860 e. The second kappa shape index (κ2) is 7.39. The molecule has 0 bridgehead atoms. The van der Waals surface area contributed by atoms with Gasteiger partial charge in [-0.2, -0.15) is 5.10 Å². The van der Waals surface area contributed by atoms with Gasteiger partial charge in [0.25, 0.3) is 0 Å². The lowest BCUT2D eigenvalue weighted by atomic mass is 9.77. The van der Waals surface area contributed by atoms with E-state index in [2.05, 4.69) is 75.7 Å². The third-order valence-electron chi connectivity index (χ3n) is 5.62. The van der Waals surface area contributed by atoms with Gasteiger partial charge in [0.15, 0.2) is 0 Å². The molecular weight excluding hydrogens is 344 g/mol. The second-order valence-electron chi connectivity index (χ2n) is 7.34. The summed E-state index contributed by atoms with van der Waals surface area (Å²) < 4.78 is 0. The molecule has 0 amide bonds. The maximum absolute atomic E-state index is 5.16. The van der Waals surface area contributed by atoms with Crippen molar-refractivity contribution >= 4 is 17.5 Å². The number of nitrogens with zero attached hydrogens (tertiary/aromatic N) is 4. The first-order chi connectivity index (χ1) is 13.9. The molecule has 0 radical (unpaired) electrons. The summed E-state index contributed by atoms with van der Waals surface area (Å²) in [6, 6.07) is 19.1. The molecule has 1 saturated carbocycles. The number of fused-ring (bicyclic) bond motifs is 1. The summed E-state index contributed by atoms with van der Waals surface area (Å²) in [5, 5.41) is 7.37. The summed E-state index contributed by atoms with van der Waals surface area (Å²) in [6.07, 6.45) is 13.2. The van der Waals surface area contributed by atoms with Crippen LogP contribution in [0.5, 0.6) is 0 Å². The van der Waals surface area contributed by atoms with Crippen LogP contribution in [0.25, 0.3) is 6.08 Å². The van der Waals surface area contributed by atoms with Crippen LogP contribution >= 0.6 is 0 Å². The minimum atomic E-state index is 0.210. The number of allylic oxidation sites excluding steroid dienone is 1. The summed E-state index contributed by atoms with van der Waals surface area (Å²) in [4.78, 5) is 8.35. The molecule has 1 aromatic carbocycles. The van der Waals surface area contributed by atoms with Gasteiger partial charge in [-0.1, -0.05) is 18.2 Å². The fourth-order valence-electron chi connectivity index (χ4n) is 4.35. The van der Waals surface area contributed by atoms with Crippen molar-refractivity contribution < 1.29 is 0 Å². The van der Waals surface area contributed by atoms with Gasteiger partial charge in [-0.15, -0.1) is 0 Å². The number of pyridine rings is 2. The van der Waals surface area contributed by atoms with Crippen LogP contribution in [0.4, 0.5) is 5.69 Å². The highest BCUT2D eigenvalue weighted by atomic mass is 15.5. The Kier molecular flexibility index (Phi) is 4.45. The van der Waals surface area contributed by atoms with Crippen molar-refractivity contribution in [2.75, 3.05) is 5.01 Å². The van der Waals surface area contributed by atoms with E-state index in [1.807, 2.05) is 24.8 Å². The van der Waals surface area contributed by atoms with Crippen LogP contribution in [0.2, 0.25) is 0 Å². The molecule has 4 heteroatoms. The first-order valence-electron chi connectivity index (χ1n) is 9.84. The van der Waals surface area contributed by atoms with E-state index in [9.17, 15) is 0 Å². The Hall–Kier alpha value is -3.27. The lowest BCUT2D eigenvalue weighted by molar-refractivity contribution is 0.487. The molecule has 2 aliphatic rings. The fraction of sp³-hybridized carbons (Fsp3) is 0.208. The summed E-state index contributed by atoms with van der Waals surface area (Å²) >= 11 is 0. The molecule has 1 fully saturated rings. The van der Waals surface area contributed by atoms with Crippen LogP contribution < -0.4 is 5.01 Å². The molecule has 4 nitrogen and oxygen atoms in total. The number of aromatic nitrogens is 2. The third-order valence-corrected chi connectivity index (χ3v) is 5.62. The van der Waals surface area contributed by atoms with E-state index >= 15 is 0 Å². The van der Waals surface area contributed by atoms with Gasteiger partial charge in [-0.25, -0.2) is 0 Å². The second-order valence-corrected chi connectivity index (χ2v) is 7.34. The van der Waals surface area contributed by atoms with Crippen LogP contribution in [0, 0.1) is 5.92 Å². The molecular formula is C24H22N4. The first-order valence-corrected chi connectivity index (χ1v) is 9.84. The van der Waals surface area contributed by atoms with Crippen LogP contribution in [-0.2, 0) is 0 Å². The number of hydrogen-bond acceptors (Lipinski definition) is 4. The topological polar surface area (TPSA) is 41.4 Å². The molecule has 1 aliphatic heterocycles. The molecule has 0 N–H and O–H groups in total. The maximum atomic E-state index is 5.16. The van der Waals surface area contributed by atoms with Crippen molar-refractivity contribution in [1.82, 2.24) is 9.97 Å². The van der Waals surface area contributed by atoms with Crippen molar-refractivity contribution in [2.24, 2.45) is 11.0 Å². The number of hydrogen-bond donors (Lipinski definition) is 0. The molecule has 0 saturated heterocycles. The monoisotopic (exact) mass is 366 g/mol. The Labute approximate surface area is 165 Å². The SMILES string of the molecule is C(=C1\CCCC2C1=NN(c1ccccc1)C2c1ccncc1)/c1ccncc1. The predicted octanol–water partition coefficient (Wildman–Crippen LogP) is 5.28. The molecule has 138 valence electrons. The molecule has 2 atom stereocenters. The van der Waals surface area contributed by atoms with Gasteiger partial charge in [0.2, 0.25) is 0 Å². The van der Waals surface area contributed by atoms with E-state index in [0.29, 0.717) is 5.92 Å². The molecule has 2 aromatic heterocycles. The van der Waals surface area contributed by atoms with Crippen molar-refractivity contribution in [2.45, 2.75) is 25.3 Å². The quantitative estimate of drug-likeness (QED) is 0.633. The Morgan fingerprint density at radius 3 is 2.32 bits per heavy atom. The highest BCUT2D eigenvalue weighted by Crippen LogP contribution is 2.45. The molecule has 3 aromatic rings. The first kappa shape index (κ1) is 16.9. The average molecular weight is 366 g/mol. The van der Waals surface area contributed by atoms with Crippen LogP contribution in [0.3, 0.4) is 0 Å². The summed E-state index contributed by atoms with van der Waals surface area (Å²) in [7, 11) is 0. The summed E-state index contributed by atoms with van der Waals surface area (Å²) in [5.41, 5.74) is 6.17. The average Bonchev–Trinajstić information content (AvgIpc) is 3.16. The Morgan fingerprint density at radius 2 is 1.57 bits per heavy atom.